The van der Waals surface area contributed by atoms with Crippen LogP contribution in [0.25, 0.3) is 0 Å². The highest BCUT2D eigenvalue weighted by molar-refractivity contribution is 7.99. The summed E-state index contributed by atoms with van der Waals surface area (Å²) in [6.07, 6.45) is 4.33. The van der Waals surface area contributed by atoms with Crippen LogP contribution in [0.4, 0.5) is 11.6 Å². The standard InChI is InChI=1S/C16H25N5OS/c1-2-16(22)19-13-4-3-5-21(11-13)15-10-14(17-12-18-15)20-6-8-23-9-7-20/h10,12-13H,2-9,11H2,1H3,(H,19,22). The van der Waals surface area contributed by atoms with Crippen LogP contribution in [0.2, 0.25) is 0 Å². The summed E-state index contributed by atoms with van der Waals surface area (Å²) in [7, 11) is 0. The second-order valence-electron chi connectivity index (χ2n) is 6.04. The van der Waals surface area contributed by atoms with Crippen LogP contribution >= 0.6 is 11.8 Å². The number of hydrogen-bond acceptors (Lipinski definition) is 6. The lowest BCUT2D eigenvalue weighted by atomic mass is 10.1. The van der Waals surface area contributed by atoms with Gasteiger partial charge in [-0.3, -0.25) is 4.79 Å². The first-order chi connectivity index (χ1) is 11.3. The Bertz CT molecular complexity index is 535. The van der Waals surface area contributed by atoms with E-state index in [1.165, 1.54) is 0 Å². The summed E-state index contributed by atoms with van der Waals surface area (Å²) in [4.78, 5) is 25.1. The molecule has 0 aliphatic carbocycles. The van der Waals surface area contributed by atoms with Gasteiger partial charge >= 0.3 is 0 Å². The van der Waals surface area contributed by atoms with Gasteiger partial charge in [-0.05, 0) is 12.8 Å². The fraction of sp³-hybridized carbons (Fsp3) is 0.688. The fourth-order valence-corrected chi connectivity index (χ4v) is 4.01. The van der Waals surface area contributed by atoms with Crippen molar-refractivity contribution in [3.05, 3.63) is 12.4 Å². The van der Waals surface area contributed by atoms with Gasteiger partial charge in [-0.1, -0.05) is 6.92 Å². The number of nitrogens with one attached hydrogen (secondary N) is 1. The maximum absolute atomic E-state index is 11.6. The highest BCUT2D eigenvalue weighted by Gasteiger charge is 2.23. The summed E-state index contributed by atoms with van der Waals surface area (Å²) in [5, 5.41) is 3.11. The maximum atomic E-state index is 11.6. The van der Waals surface area contributed by atoms with Crippen molar-refractivity contribution >= 4 is 29.3 Å². The van der Waals surface area contributed by atoms with Gasteiger partial charge in [-0.15, -0.1) is 0 Å². The van der Waals surface area contributed by atoms with Crippen molar-refractivity contribution in [1.29, 1.82) is 0 Å². The Hall–Kier alpha value is -1.50. The third-order valence-corrected chi connectivity index (χ3v) is 5.35. The van der Waals surface area contributed by atoms with E-state index >= 15 is 0 Å². The zero-order valence-electron chi connectivity index (χ0n) is 13.7. The van der Waals surface area contributed by atoms with Crippen molar-refractivity contribution in [2.24, 2.45) is 0 Å². The van der Waals surface area contributed by atoms with E-state index in [1.807, 2.05) is 18.7 Å². The van der Waals surface area contributed by atoms with Crippen molar-refractivity contribution in [3.8, 4) is 0 Å². The monoisotopic (exact) mass is 335 g/mol. The van der Waals surface area contributed by atoms with Crippen LogP contribution < -0.4 is 15.1 Å². The summed E-state index contributed by atoms with van der Waals surface area (Å²) in [6, 6.07) is 2.32. The smallest absolute Gasteiger partial charge is 0.219 e. The Balaban J connectivity index is 1.67. The number of rotatable bonds is 4. The van der Waals surface area contributed by atoms with Crippen molar-refractivity contribution in [3.63, 3.8) is 0 Å². The first-order valence-electron chi connectivity index (χ1n) is 8.45. The van der Waals surface area contributed by atoms with Crippen molar-refractivity contribution < 1.29 is 4.79 Å². The molecule has 0 spiro atoms. The number of piperidine rings is 1. The summed E-state index contributed by atoms with van der Waals surface area (Å²) < 4.78 is 0. The van der Waals surface area contributed by atoms with E-state index in [1.54, 1.807) is 6.33 Å². The van der Waals surface area contributed by atoms with Gasteiger partial charge in [0.05, 0.1) is 0 Å². The molecule has 1 aromatic rings. The Labute approximate surface area is 142 Å². The number of aromatic nitrogens is 2. The lowest BCUT2D eigenvalue weighted by Gasteiger charge is -2.34. The summed E-state index contributed by atoms with van der Waals surface area (Å²) in [5.41, 5.74) is 0. The van der Waals surface area contributed by atoms with Gasteiger partial charge in [0.25, 0.3) is 0 Å². The molecule has 7 heteroatoms. The molecular formula is C16H25N5OS. The highest BCUT2D eigenvalue weighted by Crippen LogP contribution is 2.23. The van der Waals surface area contributed by atoms with Crippen LogP contribution in [0.1, 0.15) is 26.2 Å². The molecule has 3 heterocycles. The fourth-order valence-electron chi connectivity index (χ4n) is 3.11. The lowest BCUT2D eigenvalue weighted by Crippen LogP contribution is -2.48. The first-order valence-corrected chi connectivity index (χ1v) is 9.61. The van der Waals surface area contributed by atoms with Gasteiger partial charge in [0.2, 0.25) is 5.91 Å². The topological polar surface area (TPSA) is 61.4 Å². The largest absolute Gasteiger partial charge is 0.355 e. The second-order valence-corrected chi connectivity index (χ2v) is 7.26. The molecule has 1 unspecified atom stereocenters. The molecule has 126 valence electrons. The number of anilines is 2. The van der Waals surface area contributed by atoms with E-state index in [-0.39, 0.29) is 11.9 Å². The van der Waals surface area contributed by atoms with Crippen molar-refractivity contribution in [2.45, 2.75) is 32.2 Å². The molecule has 2 fully saturated rings. The van der Waals surface area contributed by atoms with Crippen LogP contribution in [-0.2, 0) is 4.79 Å². The minimum atomic E-state index is 0.131. The molecule has 0 radical (unpaired) electrons. The lowest BCUT2D eigenvalue weighted by molar-refractivity contribution is -0.121. The average Bonchev–Trinajstić information content (AvgIpc) is 2.63. The van der Waals surface area contributed by atoms with E-state index in [0.29, 0.717) is 6.42 Å². The first kappa shape index (κ1) is 16.4. The molecule has 6 nitrogen and oxygen atoms in total. The third kappa shape index (κ3) is 4.28. The zero-order valence-corrected chi connectivity index (χ0v) is 14.5. The third-order valence-electron chi connectivity index (χ3n) is 4.40. The summed E-state index contributed by atoms with van der Waals surface area (Å²) in [5.74, 6) is 4.45. The molecule has 2 aliphatic heterocycles. The number of amides is 1. The number of carbonyl (C=O) groups is 1. The van der Waals surface area contributed by atoms with E-state index in [4.69, 9.17) is 0 Å². The number of hydrogen-bond donors (Lipinski definition) is 1. The van der Waals surface area contributed by atoms with Crippen LogP contribution in [0.3, 0.4) is 0 Å². The minimum absolute atomic E-state index is 0.131. The number of carbonyl (C=O) groups excluding carboxylic acids is 1. The zero-order chi connectivity index (χ0) is 16.1. The second kappa shape index (κ2) is 7.86. The molecular weight excluding hydrogens is 310 g/mol. The van der Waals surface area contributed by atoms with Gasteiger partial charge < -0.3 is 15.1 Å². The molecule has 0 bridgehead atoms. The minimum Gasteiger partial charge on any atom is -0.355 e. The average molecular weight is 335 g/mol. The molecule has 23 heavy (non-hydrogen) atoms. The predicted molar refractivity (Wildman–Crippen MR) is 95.2 cm³/mol. The predicted octanol–water partition coefficient (Wildman–Crippen LogP) is 1.52. The van der Waals surface area contributed by atoms with Crippen LogP contribution in [-0.4, -0.2) is 59.6 Å². The van der Waals surface area contributed by atoms with Gasteiger partial charge in [-0.2, -0.15) is 11.8 Å². The molecule has 3 rings (SSSR count). The van der Waals surface area contributed by atoms with Crippen LogP contribution in [0.15, 0.2) is 12.4 Å². The molecule has 0 aromatic carbocycles. The van der Waals surface area contributed by atoms with Gasteiger partial charge in [0.15, 0.2) is 0 Å². The van der Waals surface area contributed by atoms with Gasteiger partial charge in [0.1, 0.15) is 18.0 Å². The normalized spacial score (nSPS) is 22.0. The Morgan fingerprint density at radius 2 is 2.00 bits per heavy atom. The summed E-state index contributed by atoms with van der Waals surface area (Å²) >= 11 is 2.00. The highest BCUT2D eigenvalue weighted by atomic mass is 32.2. The quantitative estimate of drug-likeness (QED) is 0.900. The van der Waals surface area contributed by atoms with Crippen molar-refractivity contribution in [2.75, 3.05) is 47.5 Å². The molecule has 1 N–H and O–H groups in total. The molecule has 1 amide bonds. The maximum Gasteiger partial charge on any atom is 0.219 e. The van der Waals surface area contributed by atoms with Crippen molar-refractivity contribution in [1.82, 2.24) is 15.3 Å². The SMILES string of the molecule is CCC(=O)NC1CCCN(c2cc(N3CCSCC3)ncn2)C1. The number of thioether (sulfide) groups is 1. The number of nitrogens with zero attached hydrogens (tertiary/aromatic N) is 4. The Morgan fingerprint density at radius 1 is 1.26 bits per heavy atom. The Morgan fingerprint density at radius 3 is 2.74 bits per heavy atom. The van der Waals surface area contributed by atoms with E-state index in [2.05, 4.69) is 31.2 Å². The van der Waals surface area contributed by atoms with Crippen LogP contribution in [0.5, 0.6) is 0 Å². The molecule has 2 aliphatic rings. The van der Waals surface area contributed by atoms with Gasteiger partial charge in [0, 0.05) is 56.2 Å². The summed E-state index contributed by atoms with van der Waals surface area (Å²) in [6.45, 7) is 5.82. The molecule has 1 aromatic heterocycles. The molecule has 2 saturated heterocycles. The van der Waals surface area contributed by atoms with E-state index < -0.39 is 0 Å². The van der Waals surface area contributed by atoms with Gasteiger partial charge in [-0.25, -0.2) is 9.97 Å². The molecule has 1 atom stereocenters. The van der Waals surface area contributed by atoms with E-state index in [9.17, 15) is 4.79 Å². The molecule has 0 saturated carbocycles. The Kier molecular flexibility index (Phi) is 5.59. The van der Waals surface area contributed by atoms with E-state index in [0.717, 1.165) is 62.2 Å². The van der Waals surface area contributed by atoms with Crippen LogP contribution in [0, 0.1) is 0 Å².